The van der Waals surface area contributed by atoms with Crippen LogP contribution in [0.5, 0.6) is 0 Å². The van der Waals surface area contributed by atoms with Crippen LogP contribution in [0.2, 0.25) is 0 Å². The van der Waals surface area contributed by atoms with E-state index in [0.717, 1.165) is 52.0 Å². The Balaban J connectivity index is 0.00000240. The largest absolute Gasteiger partial charge is 0.342 e. The highest BCUT2D eigenvalue weighted by Crippen LogP contribution is 2.24. The molecule has 1 aromatic carbocycles. The number of halogens is 1. The number of piperidine rings is 1. The Morgan fingerprint density at radius 3 is 2.59 bits per heavy atom. The Bertz CT molecular complexity index is 750. The number of aromatic nitrogens is 1. The molecule has 6 heteroatoms. The first kappa shape index (κ1) is 21.8. The van der Waals surface area contributed by atoms with E-state index in [1.165, 1.54) is 11.1 Å². The number of piperazine rings is 1. The van der Waals surface area contributed by atoms with E-state index in [-0.39, 0.29) is 24.4 Å². The van der Waals surface area contributed by atoms with E-state index in [0.29, 0.717) is 12.5 Å². The Morgan fingerprint density at radius 1 is 1.07 bits per heavy atom. The Labute approximate surface area is 179 Å². The summed E-state index contributed by atoms with van der Waals surface area (Å²) in [5.74, 6) is 0.961. The van der Waals surface area contributed by atoms with Gasteiger partial charge in [-0.25, -0.2) is 0 Å². The number of hydrogen-bond donors (Lipinski definition) is 1. The minimum absolute atomic E-state index is 0. The molecule has 1 N–H and O–H groups in total. The van der Waals surface area contributed by atoms with Crippen molar-refractivity contribution in [1.82, 2.24) is 20.1 Å². The van der Waals surface area contributed by atoms with Gasteiger partial charge in [0.15, 0.2) is 0 Å². The minimum Gasteiger partial charge on any atom is -0.342 e. The van der Waals surface area contributed by atoms with Crippen LogP contribution in [-0.2, 0) is 11.2 Å². The highest BCUT2D eigenvalue weighted by atomic mass is 35.5. The van der Waals surface area contributed by atoms with Crippen molar-refractivity contribution in [1.29, 1.82) is 0 Å². The van der Waals surface area contributed by atoms with Crippen molar-refractivity contribution in [2.45, 2.75) is 25.3 Å². The SMILES string of the molecule is Cl.O=C(CN1CCNCC1c1cccnc1)N1CCC(Cc2ccccc2)CC1. The van der Waals surface area contributed by atoms with Crippen LogP contribution in [0.15, 0.2) is 54.9 Å². The van der Waals surface area contributed by atoms with Crippen molar-refractivity contribution in [3.05, 3.63) is 66.0 Å². The lowest BCUT2D eigenvalue weighted by molar-refractivity contribution is -0.134. The van der Waals surface area contributed by atoms with Crippen LogP contribution >= 0.6 is 12.4 Å². The van der Waals surface area contributed by atoms with E-state index >= 15 is 0 Å². The van der Waals surface area contributed by atoms with E-state index in [9.17, 15) is 4.79 Å². The quantitative estimate of drug-likeness (QED) is 0.817. The molecule has 0 spiro atoms. The van der Waals surface area contributed by atoms with Crippen molar-refractivity contribution in [2.75, 3.05) is 39.3 Å². The van der Waals surface area contributed by atoms with Crippen LogP contribution in [0.3, 0.4) is 0 Å². The lowest BCUT2D eigenvalue weighted by atomic mass is 9.90. The smallest absolute Gasteiger partial charge is 0.236 e. The Kier molecular flexibility index (Phi) is 8.04. The van der Waals surface area contributed by atoms with Crippen molar-refractivity contribution in [3.8, 4) is 0 Å². The summed E-state index contributed by atoms with van der Waals surface area (Å²) in [5.41, 5.74) is 2.59. The lowest BCUT2D eigenvalue weighted by Gasteiger charge is -2.38. The summed E-state index contributed by atoms with van der Waals surface area (Å²) in [4.78, 5) is 21.6. The topological polar surface area (TPSA) is 48.5 Å². The maximum atomic E-state index is 13.0. The first-order valence-electron chi connectivity index (χ1n) is 10.5. The first-order valence-corrected chi connectivity index (χ1v) is 10.5. The summed E-state index contributed by atoms with van der Waals surface area (Å²) >= 11 is 0. The molecule has 3 heterocycles. The molecule has 2 aromatic rings. The van der Waals surface area contributed by atoms with Gasteiger partial charge in [-0.05, 0) is 42.4 Å². The number of carbonyl (C=O) groups is 1. The number of hydrogen-bond acceptors (Lipinski definition) is 4. The fraction of sp³-hybridized carbons (Fsp3) is 0.478. The standard InChI is InChI=1S/C23H30N4O.ClH/c28-23(18-27-14-11-25-17-22(27)21-7-4-10-24-16-21)26-12-8-20(9-13-26)15-19-5-2-1-3-6-19;/h1-7,10,16,20,22,25H,8-9,11-15,17-18H2;1H. The maximum absolute atomic E-state index is 13.0. The van der Waals surface area contributed by atoms with Gasteiger partial charge in [0.25, 0.3) is 0 Å². The van der Waals surface area contributed by atoms with Crippen molar-refractivity contribution in [2.24, 2.45) is 5.92 Å². The van der Waals surface area contributed by atoms with Crippen molar-refractivity contribution >= 4 is 18.3 Å². The Morgan fingerprint density at radius 2 is 1.86 bits per heavy atom. The second kappa shape index (κ2) is 10.7. The number of likely N-dealkylation sites (tertiary alicyclic amines) is 1. The molecule has 1 amide bonds. The molecule has 2 fully saturated rings. The highest BCUT2D eigenvalue weighted by Gasteiger charge is 2.29. The molecular weight excluding hydrogens is 384 g/mol. The fourth-order valence-electron chi connectivity index (χ4n) is 4.45. The van der Waals surface area contributed by atoms with Crippen LogP contribution in [-0.4, -0.2) is 60.0 Å². The zero-order chi connectivity index (χ0) is 19.2. The summed E-state index contributed by atoms with van der Waals surface area (Å²) in [5, 5.41) is 3.45. The average Bonchev–Trinajstić information content (AvgIpc) is 2.76. The van der Waals surface area contributed by atoms with Crippen LogP contribution < -0.4 is 5.32 Å². The summed E-state index contributed by atoms with van der Waals surface area (Å²) in [6.07, 6.45) is 7.06. The third kappa shape index (κ3) is 5.78. The van der Waals surface area contributed by atoms with Gasteiger partial charge in [0.2, 0.25) is 5.91 Å². The maximum Gasteiger partial charge on any atom is 0.236 e. The van der Waals surface area contributed by atoms with E-state index in [4.69, 9.17) is 0 Å². The summed E-state index contributed by atoms with van der Waals surface area (Å²) in [6.45, 7) is 4.99. The molecule has 156 valence electrons. The van der Waals surface area contributed by atoms with Gasteiger partial charge in [0.1, 0.15) is 0 Å². The van der Waals surface area contributed by atoms with Gasteiger partial charge in [0, 0.05) is 51.2 Å². The molecule has 4 rings (SSSR count). The average molecular weight is 415 g/mol. The summed E-state index contributed by atoms with van der Waals surface area (Å²) in [7, 11) is 0. The number of benzene rings is 1. The van der Waals surface area contributed by atoms with Gasteiger partial charge < -0.3 is 10.2 Å². The van der Waals surface area contributed by atoms with Gasteiger partial charge in [-0.3, -0.25) is 14.7 Å². The molecule has 0 radical (unpaired) electrons. The van der Waals surface area contributed by atoms with E-state index in [1.807, 2.05) is 12.3 Å². The molecule has 0 saturated carbocycles. The number of carbonyl (C=O) groups excluding carboxylic acids is 1. The molecular formula is C23H31ClN4O. The van der Waals surface area contributed by atoms with Crippen molar-refractivity contribution in [3.63, 3.8) is 0 Å². The van der Waals surface area contributed by atoms with Crippen LogP contribution in [0.1, 0.15) is 30.0 Å². The molecule has 1 atom stereocenters. The van der Waals surface area contributed by atoms with Gasteiger partial charge >= 0.3 is 0 Å². The van der Waals surface area contributed by atoms with Gasteiger partial charge in [-0.15, -0.1) is 12.4 Å². The molecule has 1 aromatic heterocycles. The molecule has 29 heavy (non-hydrogen) atoms. The highest BCUT2D eigenvalue weighted by molar-refractivity contribution is 5.85. The molecule has 2 saturated heterocycles. The molecule has 5 nitrogen and oxygen atoms in total. The number of amides is 1. The van der Waals surface area contributed by atoms with Crippen LogP contribution in [0, 0.1) is 5.92 Å². The zero-order valence-electron chi connectivity index (χ0n) is 16.9. The Hall–Kier alpha value is -1.95. The lowest BCUT2D eigenvalue weighted by Crippen LogP contribution is -2.51. The van der Waals surface area contributed by atoms with E-state index in [1.54, 1.807) is 6.20 Å². The van der Waals surface area contributed by atoms with E-state index in [2.05, 4.69) is 56.5 Å². The van der Waals surface area contributed by atoms with Gasteiger partial charge in [0.05, 0.1) is 6.54 Å². The number of rotatable bonds is 5. The van der Waals surface area contributed by atoms with Crippen LogP contribution in [0.25, 0.3) is 0 Å². The van der Waals surface area contributed by atoms with Gasteiger partial charge in [-0.2, -0.15) is 0 Å². The second-order valence-corrected chi connectivity index (χ2v) is 7.99. The third-order valence-corrected chi connectivity index (χ3v) is 6.10. The summed E-state index contributed by atoms with van der Waals surface area (Å²) < 4.78 is 0. The molecule has 2 aliphatic heterocycles. The monoisotopic (exact) mass is 414 g/mol. The molecule has 2 aliphatic rings. The van der Waals surface area contributed by atoms with Crippen LogP contribution in [0.4, 0.5) is 0 Å². The third-order valence-electron chi connectivity index (χ3n) is 6.10. The molecule has 1 unspecified atom stereocenters. The van der Waals surface area contributed by atoms with E-state index < -0.39 is 0 Å². The second-order valence-electron chi connectivity index (χ2n) is 7.99. The first-order chi connectivity index (χ1) is 13.8. The zero-order valence-corrected chi connectivity index (χ0v) is 17.7. The number of nitrogens with zero attached hydrogens (tertiary/aromatic N) is 3. The minimum atomic E-state index is 0. The fourth-order valence-corrected chi connectivity index (χ4v) is 4.45. The predicted molar refractivity (Wildman–Crippen MR) is 118 cm³/mol. The van der Waals surface area contributed by atoms with Crippen molar-refractivity contribution < 1.29 is 4.79 Å². The predicted octanol–water partition coefficient (Wildman–Crippen LogP) is 2.93. The summed E-state index contributed by atoms with van der Waals surface area (Å²) in [6, 6.07) is 15.0. The molecule has 0 aliphatic carbocycles. The molecule has 0 bridgehead atoms. The number of pyridine rings is 1. The normalized spacial score (nSPS) is 20.8. The van der Waals surface area contributed by atoms with Gasteiger partial charge in [-0.1, -0.05) is 36.4 Å². The number of nitrogens with one attached hydrogen (secondary N) is 1.